The molecule has 23 heavy (non-hydrogen) atoms. The number of nitrogens with one attached hydrogen (secondary N) is 2. The van der Waals surface area contributed by atoms with E-state index in [-0.39, 0.29) is 12.1 Å². The molecule has 2 amide bonds. The van der Waals surface area contributed by atoms with Gasteiger partial charge in [-0.05, 0) is 29.2 Å². The first-order chi connectivity index (χ1) is 11.2. The maximum atomic E-state index is 12.0. The van der Waals surface area contributed by atoms with Gasteiger partial charge in [-0.1, -0.05) is 24.3 Å². The topological polar surface area (TPSA) is 83.5 Å². The highest BCUT2D eigenvalue weighted by molar-refractivity contribution is 5.74. The van der Waals surface area contributed by atoms with Gasteiger partial charge in [-0.15, -0.1) is 0 Å². The lowest BCUT2D eigenvalue weighted by atomic mass is 10.1. The van der Waals surface area contributed by atoms with Crippen molar-refractivity contribution in [3.8, 4) is 5.88 Å². The van der Waals surface area contributed by atoms with Crippen molar-refractivity contribution in [2.24, 2.45) is 0 Å². The molecule has 2 atom stereocenters. The largest absolute Gasteiger partial charge is 0.481 e. The van der Waals surface area contributed by atoms with E-state index in [4.69, 9.17) is 4.74 Å². The van der Waals surface area contributed by atoms with E-state index in [2.05, 4.69) is 15.6 Å². The van der Waals surface area contributed by atoms with Gasteiger partial charge in [0.15, 0.2) is 0 Å². The number of aromatic nitrogens is 1. The Morgan fingerprint density at radius 3 is 3.00 bits per heavy atom. The van der Waals surface area contributed by atoms with Gasteiger partial charge >= 0.3 is 6.03 Å². The molecule has 0 spiro atoms. The summed E-state index contributed by atoms with van der Waals surface area (Å²) in [5, 5.41) is 15.9. The Balaban J connectivity index is 1.54. The molecule has 1 aromatic heterocycles. The number of carbonyl (C=O) groups excluding carboxylic acids is 1. The van der Waals surface area contributed by atoms with Crippen LogP contribution in [0.25, 0.3) is 0 Å². The van der Waals surface area contributed by atoms with Crippen LogP contribution in [0.3, 0.4) is 0 Å². The maximum Gasteiger partial charge on any atom is 0.315 e. The van der Waals surface area contributed by atoms with Crippen LogP contribution < -0.4 is 15.4 Å². The molecule has 0 unspecified atom stereocenters. The number of methoxy groups -OCH3 is 1. The quantitative estimate of drug-likeness (QED) is 0.799. The number of carbonyl (C=O) groups is 1. The zero-order valence-electron chi connectivity index (χ0n) is 12.8. The number of benzene rings is 1. The standard InChI is InChI=1S/C17H19N3O3/c1-23-15-8-11(6-7-18-15)10-19-17(22)20-14-9-12-4-2-3-5-13(12)16(14)21/h2-8,14,16,21H,9-10H2,1H3,(H2,19,20,22)/t14-,16-/m1/s1. The molecule has 1 aliphatic rings. The molecule has 1 aromatic carbocycles. The van der Waals surface area contributed by atoms with Gasteiger partial charge in [-0.2, -0.15) is 0 Å². The number of rotatable bonds is 4. The second kappa shape index (κ2) is 6.66. The Kier molecular flexibility index (Phi) is 4.43. The molecule has 0 bridgehead atoms. The van der Waals surface area contributed by atoms with Gasteiger partial charge in [0, 0.05) is 18.8 Å². The smallest absolute Gasteiger partial charge is 0.315 e. The van der Waals surface area contributed by atoms with Crippen molar-refractivity contribution >= 4 is 6.03 Å². The van der Waals surface area contributed by atoms with Gasteiger partial charge in [-0.25, -0.2) is 9.78 Å². The number of nitrogens with zero attached hydrogens (tertiary/aromatic N) is 1. The molecule has 2 aromatic rings. The monoisotopic (exact) mass is 313 g/mol. The summed E-state index contributed by atoms with van der Waals surface area (Å²) in [5.74, 6) is 0.506. The summed E-state index contributed by atoms with van der Waals surface area (Å²) in [5.41, 5.74) is 2.85. The number of fused-ring (bicyclic) bond motifs is 1. The van der Waals surface area contributed by atoms with Crippen molar-refractivity contribution in [1.29, 1.82) is 0 Å². The fraction of sp³-hybridized carbons (Fsp3) is 0.294. The molecule has 120 valence electrons. The van der Waals surface area contributed by atoms with Crippen LogP contribution >= 0.6 is 0 Å². The zero-order valence-corrected chi connectivity index (χ0v) is 12.8. The first kappa shape index (κ1) is 15.3. The predicted octanol–water partition coefficient (Wildman–Crippen LogP) is 1.55. The number of amides is 2. The normalized spacial score (nSPS) is 19.0. The molecule has 0 saturated heterocycles. The summed E-state index contributed by atoms with van der Waals surface area (Å²) in [7, 11) is 1.55. The van der Waals surface area contributed by atoms with E-state index >= 15 is 0 Å². The number of ether oxygens (including phenoxy) is 1. The van der Waals surface area contributed by atoms with Crippen molar-refractivity contribution in [3.05, 3.63) is 59.3 Å². The number of urea groups is 1. The van der Waals surface area contributed by atoms with Gasteiger partial charge in [0.05, 0.1) is 19.3 Å². The van der Waals surface area contributed by atoms with Crippen LogP contribution in [-0.2, 0) is 13.0 Å². The summed E-state index contributed by atoms with van der Waals surface area (Å²) in [6.07, 6.45) is 1.59. The third kappa shape index (κ3) is 3.43. The third-order valence-electron chi connectivity index (χ3n) is 3.97. The minimum Gasteiger partial charge on any atom is -0.481 e. The first-order valence-corrected chi connectivity index (χ1v) is 7.46. The van der Waals surface area contributed by atoms with E-state index < -0.39 is 6.10 Å². The van der Waals surface area contributed by atoms with Gasteiger partial charge in [0.2, 0.25) is 5.88 Å². The molecular formula is C17H19N3O3. The maximum absolute atomic E-state index is 12.0. The molecule has 0 radical (unpaired) electrons. The fourth-order valence-corrected chi connectivity index (χ4v) is 2.78. The number of hydrogen-bond donors (Lipinski definition) is 3. The highest BCUT2D eigenvalue weighted by Crippen LogP contribution is 2.30. The second-order valence-corrected chi connectivity index (χ2v) is 5.49. The second-order valence-electron chi connectivity index (χ2n) is 5.49. The molecule has 3 rings (SSSR count). The van der Waals surface area contributed by atoms with E-state index in [1.54, 1.807) is 19.4 Å². The van der Waals surface area contributed by atoms with E-state index in [1.807, 2.05) is 30.3 Å². The van der Waals surface area contributed by atoms with Gasteiger partial charge in [-0.3, -0.25) is 0 Å². The predicted molar refractivity (Wildman–Crippen MR) is 85.1 cm³/mol. The molecule has 3 N–H and O–H groups in total. The molecule has 0 aliphatic heterocycles. The Morgan fingerprint density at radius 1 is 1.39 bits per heavy atom. The average Bonchev–Trinajstić information content (AvgIpc) is 2.89. The van der Waals surface area contributed by atoms with Crippen LogP contribution in [0.5, 0.6) is 5.88 Å². The van der Waals surface area contributed by atoms with Crippen LogP contribution in [0.15, 0.2) is 42.6 Å². The summed E-state index contributed by atoms with van der Waals surface area (Å²) in [4.78, 5) is 16.1. The van der Waals surface area contributed by atoms with Crippen molar-refractivity contribution in [3.63, 3.8) is 0 Å². The number of pyridine rings is 1. The van der Waals surface area contributed by atoms with Gasteiger partial charge in [0.1, 0.15) is 0 Å². The molecule has 6 heteroatoms. The van der Waals surface area contributed by atoms with E-state index in [9.17, 15) is 9.90 Å². The Bertz CT molecular complexity index is 705. The third-order valence-corrected chi connectivity index (χ3v) is 3.97. The lowest BCUT2D eigenvalue weighted by Gasteiger charge is -2.17. The molecule has 6 nitrogen and oxygen atoms in total. The van der Waals surface area contributed by atoms with Crippen molar-refractivity contribution in [2.75, 3.05) is 7.11 Å². The summed E-state index contributed by atoms with van der Waals surface area (Å²) in [6, 6.07) is 10.7. The average molecular weight is 313 g/mol. The van der Waals surface area contributed by atoms with E-state index in [0.29, 0.717) is 18.8 Å². The lowest BCUT2D eigenvalue weighted by Crippen LogP contribution is -2.43. The summed E-state index contributed by atoms with van der Waals surface area (Å²) in [6.45, 7) is 0.362. The van der Waals surface area contributed by atoms with Crippen LogP contribution in [-0.4, -0.2) is 29.3 Å². The van der Waals surface area contributed by atoms with Crippen LogP contribution in [0.1, 0.15) is 22.8 Å². The molecule has 1 aliphatic carbocycles. The molecule has 0 fully saturated rings. The Hall–Kier alpha value is -2.60. The Labute approximate surface area is 134 Å². The molecule has 1 heterocycles. The van der Waals surface area contributed by atoms with Crippen molar-refractivity contribution < 1.29 is 14.6 Å². The summed E-state index contributed by atoms with van der Waals surface area (Å²) >= 11 is 0. The zero-order chi connectivity index (χ0) is 16.2. The van der Waals surface area contributed by atoms with Gasteiger partial charge < -0.3 is 20.5 Å². The van der Waals surface area contributed by atoms with E-state index in [0.717, 1.165) is 16.7 Å². The highest BCUT2D eigenvalue weighted by Gasteiger charge is 2.31. The number of hydrogen-bond acceptors (Lipinski definition) is 4. The fourth-order valence-electron chi connectivity index (χ4n) is 2.78. The first-order valence-electron chi connectivity index (χ1n) is 7.46. The lowest BCUT2D eigenvalue weighted by molar-refractivity contribution is 0.143. The molecule has 0 saturated carbocycles. The summed E-state index contributed by atoms with van der Waals surface area (Å²) < 4.78 is 5.05. The van der Waals surface area contributed by atoms with E-state index in [1.165, 1.54) is 0 Å². The Morgan fingerprint density at radius 2 is 2.22 bits per heavy atom. The molecular weight excluding hydrogens is 294 g/mol. The van der Waals surface area contributed by atoms with Crippen molar-refractivity contribution in [2.45, 2.75) is 25.1 Å². The van der Waals surface area contributed by atoms with Crippen LogP contribution in [0, 0.1) is 0 Å². The number of aliphatic hydroxyl groups is 1. The van der Waals surface area contributed by atoms with Crippen LogP contribution in [0.2, 0.25) is 0 Å². The minimum absolute atomic E-state index is 0.306. The van der Waals surface area contributed by atoms with Crippen LogP contribution in [0.4, 0.5) is 4.79 Å². The SMILES string of the molecule is COc1cc(CNC(=O)N[C@@H]2Cc3ccccc3[C@H]2O)ccn1. The van der Waals surface area contributed by atoms with Gasteiger partial charge in [0.25, 0.3) is 0 Å². The van der Waals surface area contributed by atoms with Crippen molar-refractivity contribution in [1.82, 2.24) is 15.6 Å². The minimum atomic E-state index is -0.669. The number of aliphatic hydroxyl groups excluding tert-OH is 1. The highest BCUT2D eigenvalue weighted by atomic mass is 16.5.